The largest absolute Gasteiger partial charge is 0.396 e. The molecule has 6 nitrogen and oxygen atoms in total. The number of hydrogen-bond acceptors (Lipinski definition) is 7. The number of nitroso groups, excluding NO2 is 1. The van der Waals surface area contributed by atoms with Gasteiger partial charge in [0.15, 0.2) is 6.04 Å². The van der Waals surface area contributed by atoms with Crippen molar-refractivity contribution < 1.29 is 9.90 Å². The van der Waals surface area contributed by atoms with Crippen LogP contribution < -0.4 is 0 Å². The molecular formula is C16H23N3O3S. The van der Waals surface area contributed by atoms with E-state index < -0.39 is 6.04 Å². The first-order chi connectivity index (χ1) is 11.2. The number of carbonyl (C=O) groups excluding carboxylic acids is 1. The molecule has 1 fully saturated rings. The lowest BCUT2D eigenvalue weighted by atomic mass is 10.2. The second-order valence-electron chi connectivity index (χ2n) is 5.57. The van der Waals surface area contributed by atoms with E-state index in [0.29, 0.717) is 12.3 Å². The van der Waals surface area contributed by atoms with Gasteiger partial charge in [0.05, 0.1) is 6.61 Å². The molecule has 1 aromatic rings. The van der Waals surface area contributed by atoms with Crippen molar-refractivity contribution in [2.45, 2.75) is 12.6 Å². The topological polar surface area (TPSA) is 73.2 Å². The number of piperazine rings is 1. The van der Waals surface area contributed by atoms with Gasteiger partial charge in [0.25, 0.3) is 0 Å². The third kappa shape index (κ3) is 6.02. The van der Waals surface area contributed by atoms with Gasteiger partial charge in [-0.1, -0.05) is 47.3 Å². The molecule has 1 aliphatic heterocycles. The highest BCUT2D eigenvalue weighted by Gasteiger charge is 2.25. The van der Waals surface area contributed by atoms with E-state index in [4.69, 9.17) is 5.11 Å². The molecule has 1 aliphatic rings. The number of aliphatic hydroxyl groups excluding tert-OH is 1. The Balaban J connectivity index is 1.75. The minimum Gasteiger partial charge on any atom is -0.396 e. The van der Waals surface area contributed by atoms with Crippen LogP contribution in [0.15, 0.2) is 35.5 Å². The number of hydrogen-bond donors (Lipinski definition) is 1. The summed E-state index contributed by atoms with van der Waals surface area (Å²) in [6.45, 7) is 4.72. The van der Waals surface area contributed by atoms with Crippen LogP contribution in [0.1, 0.15) is 5.56 Å². The average molecular weight is 337 g/mol. The molecule has 1 heterocycles. The first-order valence-corrected chi connectivity index (χ1v) is 8.80. The molecule has 1 atom stereocenters. The number of benzene rings is 1. The standard InChI is InChI=1S/C16H23N3O3S/c20-10-11-23-16(21)15(17-22)13-19-8-6-18(7-9-19)12-14-4-2-1-3-5-14/h1-5,15,20H,6-13H2. The van der Waals surface area contributed by atoms with Crippen LogP contribution >= 0.6 is 11.8 Å². The van der Waals surface area contributed by atoms with E-state index in [1.807, 2.05) is 18.2 Å². The maximum atomic E-state index is 11.8. The molecule has 23 heavy (non-hydrogen) atoms. The highest BCUT2D eigenvalue weighted by atomic mass is 32.2. The van der Waals surface area contributed by atoms with Crippen molar-refractivity contribution in [3.8, 4) is 0 Å². The molecule has 1 unspecified atom stereocenters. The number of aliphatic hydroxyl groups is 1. The van der Waals surface area contributed by atoms with Crippen molar-refractivity contribution in [3.63, 3.8) is 0 Å². The second-order valence-corrected chi connectivity index (χ2v) is 6.67. The quantitative estimate of drug-likeness (QED) is 0.719. The lowest BCUT2D eigenvalue weighted by Crippen LogP contribution is -2.48. The van der Waals surface area contributed by atoms with Gasteiger partial charge in [-0.15, -0.1) is 4.91 Å². The van der Waals surface area contributed by atoms with Crippen molar-refractivity contribution in [2.75, 3.05) is 45.1 Å². The molecule has 126 valence electrons. The fourth-order valence-electron chi connectivity index (χ4n) is 2.61. The Hall–Kier alpha value is -1.28. The molecule has 2 rings (SSSR count). The Bertz CT molecular complexity index is 493. The lowest BCUT2D eigenvalue weighted by Gasteiger charge is -2.35. The number of thioether (sulfide) groups is 1. The zero-order valence-electron chi connectivity index (χ0n) is 13.1. The summed E-state index contributed by atoms with van der Waals surface area (Å²) in [6, 6.07) is 9.50. The maximum absolute atomic E-state index is 11.8. The Morgan fingerprint density at radius 2 is 1.83 bits per heavy atom. The van der Waals surface area contributed by atoms with Gasteiger partial charge >= 0.3 is 0 Å². The fraction of sp³-hybridized carbons (Fsp3) is 0.562. The molecule has 0 saturated carbocycles. The van der Waals surface area contributed by atoms with Crippen LogP contribution in [0, 0.1) is 4.91 Å². The molecule has 1 aromatic carbocycles. The Labute approximate surface area is 140 Å². The summed E-state index contributed by atoms with van der Waals surface area (Å²) in [4.78, 5) is 27.2. The van der Waals surface area contributed by atoms with E-state index in [9.17, 15) is 9.70 Å². The molecule has 0 bridgehead atoms. The van der Waals surface area contributed by atoms with Crippen molar-refractivity contribution in [1.82, 2.24) is 9.80 Å². The highest BCUT2D eigenvalue weighted by molar-refractivity contribution is 8.13. The molecule has 0 aliphatic carbocycles. The predicted molar refractivity (Wildman–Crippen MR) is 92.3 cm³/mol. The summed E-state index contributed by atoms with van der Waals surface area (Å²) in [5, 5.41) is 11.5. The van der Waals surface area contributed by atoms with Crippen LogP contribution in [-0.4, -0.2) is 71.1 Å². The molecule has 0 amide bonds. The van der Waals surface area contributed by atoms with E-state index in [2.05, 4.69) is 27.1 Å². The van der Waals surface area contributed by atoms with Gasteiger partial charge in [0.2, 0.25) is 5.12 Å². The first kappa shape index (κ1) is 18.1. The molecule has 0 radical (unpaired) electrons. The first-order valence-electron chi connectivity index (χ1n) is 7.81. The molecule has 0 spiro atoms. The summed E-state index contributed by atoms with van der Waals surface area (Å²) < 4.78 is 0. The van der Waals surface area contributed by atoms with Crippen molar-refractivity contribution in [1.29, 1.82) is 0 Å². The summed E-state index contributed by atoms with van der Waals surface area (Å²) >= 11 is 0.980. The van der Waals surface area contributed by atoms with Crippen LogP contribution in [0.25, 0.3) is 0 Å². The van der Waals surface area contributed by atoms with Gasteiger partial charge in [-0.05, 0) is 5.56 Å². The molecule has 0 aromatic heterocycles. The Morgan fingerprint density at radius 1 is 1.17 bits per heavy atom. The molecule has 1 saturated heterocycles. The van der Waals surface area contributed by atoms with Crippen molar-refractivity contribution in [2.24, 2.45) is 5.18 Å². The van der Waals surface area contributed by atoms with E-state index in [-0.39, 0.29) is 11.7 Å². The zero-order valence-corrected chi connectivity index (χ0v) is 14.0. The van der Waals surface area contributed by atoms with Gasteiger partial charge in [-0.2, -0.15) is 0 Å². The number of carbonyl (C=O) groups is 1. The smallest absolute Gasteiger partial charge is 0.218 e. The normalized spacial score (nSPS) is 17.8. The summed E-state index contributed by atoms with van der Waals surface area (Å²) in [5.41, 5.74) is 1.30. The highest BCUT2D eigenvalue weighted by Crippen LogP contribution is 2.13. The minimum atomic E-state index is -0.841. The SMILES string of the molecule is O=NC(CN1CCN(Cc2ccccc2)CC1)C(=O)SCCO. The van der Waals surface area contributed by atoms with Gasteiger partial charge in [0, 0.05) is 45.0 Å². The van der Waals surface area contributed by atoms with Crippen LogP contribution in [0.4, 0.5) is 0 Å². The number of rotatable bonds is 8. The maximum Gasteiger partial charge on any atom is 0.218 e. The average Bonchev–Trinajstić information content (AvgIpc) is 2.60. The fourth-order valence-corrected chi connectivity index (χ4v) is 3.21. The lowest BCUT2D eigenvalue weighted by molar-refractivity contribution is -0.112. The monoisotopic (exact) mass is 337 g/mol. The Kier molecular flexibility index (Phi) is 7.67. The van der Waals surface area contributed by atoms with Crippen LogP contribution in [0.2, 0.25) is 0 Å². The van der Waals surface area contributed by atoms with Crippen molar-refractivity contribution in [3.05, 3.63) is 40.8 Å². The second kappa shape index (κ2) is 9.77. The summed E-state index contributed by atoms with van der Waals surface area (Å²) in [5.74, 6) is 0.315. The van der Waals surface area contributed by atoms with Gasteiger partial charge in [-0.3, -0.25) is 14.6 Å². The van der Waals surface area contributed by atoms with E-state index in [1.54, 1.807) is 0 Å². The van der Waals surface area contributed by atoms with Gasteiger partial charge in [-0.25, -0.2) is 0 Å². The van der Waals surface area contributed by atoms with Crippen LogP contribution in [0.3, 0.4) is 0 Å². The third-order valence-corrected chi connectivity index (χ3v) is 4.82. The summed E-state index contributed by atoms with van der Waals surface area (Å²) in [6.07, 6.45) is 0. The Morgan fingerprint density at radius 3 is 2.43 bits per heavy atom. The predicted octanol–water partition coefficient (Wildman–Crippen LogP) is 1.19. The van der Waals surface area contributed by atoms with Gasteiger partial charge < -0.3 is 5.11 Å². The molecule has 7 heteroatoms. The van der Waals surface area contributed by atoms with E-state index in [0.717, 1.165) is 44.5 Å². The number of nitrogens with zero attached hydrogens (tertiary/aromatic N) is 3. The van der Waals surface area contributed by atoms with Crippen LogP contribution in [0.5, 0.6) is 0 Å². The van der Waals surface area contributed by atoms with Gasteiger partial charge in [0.1, 0.15) is 0 Å². The van der Waals surface area contributed by atoms with E-state index >= 15 is 0 Å². The molecular weight excluding hydrogens is 314 g/mol. The van der Waals surface area contributed by atoms with Crippen molar-refractivity contribution >= 4 is 16.9 Å². The van der Waals surface area contributed by atoms with E-state index in [1.165, 1.54) is 5.56 Å². The summed E-state index contributed by atoms with van der Waals surface area (Å²) in [7, 11) is 0. The zero-order chi connectivity index (χ0) is 16.5. The third-order valence-electron chi connectivity index (χ3n) is 3.88. The molecule has 1 N–H and O–H groups in total. The minimum absolute atomic E-state index is 0.0693. The van der Waals surface area contributed by atoms with Crippen LogP contribution in [-0.2, 0) is 11.3 Å².